The number of halogens is 3. The standard InChI is InChI=1S/C35H35F3N4O2S/c1-2-3-21-42-32(33(26-11-6-4-7-12-26)41-34(42)27-13-8-5-9-14-27)23-31(28-15-10-16-29(22-28)35(36,37)38)40-24-25-17-19-30(20-18-25)45(39,43)44/h4-20,22,31,40H,2-3,21,23-24H2,1H3,(H2,39,43,44). The van der Waals surface area contributed by atoms with Crippen LogP contribution >= 0.6 is 0 Å². The van der Waals surface area contributed by atoms with Crippen LogP contribution in [-0.2, 0) is 35.7 Å². The summed E-state index contributed by atoms with van der Waals surface area (Å²) in [6.45, 7) is 3.09. The van der Waals surface area contributed by atoms with E-state index >= 15 is 0 Å². The molecule has 45 heavy (non-hydrogen) atoms. The van der Waals surface area contributed by atoms with Crippen LogP contribution in [0.25, 0.3) is 22.6 Å². The molecule has 0 saturated carbocycles. The molecule has 1 aromatic heterocycles. The molecular formula is C35H35F3N4O2S. The van der Waals surface area contributed by atoms with Crippen LogP contribution in [0, 0.1) is 0 Å². The predicted molar refractivity (Wildman–Crippen MR) is 171 cm³/mol. The Kier molecular flexibility index (Phi) is 9.86. The average Bonchev–Trinajstić information content (AvgIpc) is 3.40. The van der Waals surface area contributed by atoms with Crippen molar-refractivity contribution in [2.75, 3.05) is 0 Å². The van der Waals surface area contributed by atoms with Gasteiger partial charge in [-0.2, -0.15) is 13.2 Å². The summed E-state index contributed by atoms with van der Waals surface area (Å²) in [5.74, 6) is 0.805. The second-order valence-electron chi connectivity index (χ2n) is 10.9. The highest BCUT2D eigenvalue weighted by Crippen LogP contribution is 2.35. The van der Waals surface area contributed by atoms with Crippen molar-refractivity contribution < 1.29 is 21.6 Å². The lowest BCUT2D eigenvalue weighted by molar-refractivity contribution is -0.137. The van der Waals surface area contributed by atoms with Gasteiger partial charge in [-0.3, -0.25) is 0 Å². The highest BCUT2D eigenvalue weighted by Gasteiger charge is 2.31. The molecule has 234 valence electrons. The Morgan fingerprint density at radius 3 is 2.11 bits per heavy atom. The van der Waals surface area contributed by atoms with Gasteiger partial charge in [-0.25, -0.2) is 18.5 Å². The Morgan fingerprint density at radius 2 is 1.51 bits per heavy atom. The number of alkyl halides is 3. The monoisotopic (exact) mass is 632 g/mol. The van der Waals surface area contributed by atoms with Gasteiger partial charge in [0.1, 0.15) is 5.82 Å². The summed E-state index contributed by atoms with van der Waals surface area (Å²) >= 11 is 0. The highest BCUT2D eigenvalue weighted by molar-refractivity contribution is 7.89. The first-order valence-electron chi connectivity index (χ1n) is 14.8. The van der Waals surface area contributed by atoms with Gasteiger partial charge in [-0.15, -0.1) is 0 Å². The second kappa shape index (κ2) is 13.8. The van der Waals surface area contributed by atoms with Crippen molar-refractivity contribution in [1.29, 1.82) is 0 Å². The van der Waals surface area contributed by atoms with Crippen molar-refractivity contribution >= 4 is 10.0 Å². The number of nitrogens with zero attached hydrogens (tertiary/aromatic N) is 2. The van der Waals surface area contributed by atoms with Gasteiger partial charge in [0.25, 0.3) is 0 Å². The number of aromatic nitrogens is 2. The first kappa shape index (κ1) is 32.2. The fourth-order valence-electron chi connectivity index (χ4n) is 5.36. The lowest BCUT2D eigenvalue weighted by Crippen LogP contribution is -2.25. The van der Waals surface area contributed by atoms with Crippen LogP contribution in [0.15, 0.2) is 114 Å². The van der Waals surface area contributed by atoms with Crippen LogP contribution in [0.5, 0.6) is 0 Å². The SMILES string of the molecule is CCCCn1c(-c2ccccc2)nc(-c2ccccc2)c1CC(NCc1ccc(S(N)(=O)=O)cc1)c1cccc(C(F)(F)F)c1. The van der Waals surface area contributed by atoms with Gasteiger partial charge in [0.2, 0.25) is 10.0 Å². The molecule has 0 aliphatic heterocycles. The lowest BCUT2D eigenvalue weighted by atomic mass is 9.97. The van der Waals surface area contributed by atoms with Crippen LogP contribution in [0.3, 0.4) is 0 Å². The summed E-state index contributed by atoms with van der Waals surface area (Å²) in [7, 11) is -3.85. The average molecular weight is 633 g/mol. The second-order valence-corrected chi connectivity index (χ2v) is 12.5. The maximum Gasteiger partial charge on any atom is 0.416 e. The summed E-state index contributed by atoms with van der Waals surface area (Å²) in [5, 5.41) is 8.71. The molecule has 4 aromatic carbocycles. The molecular weight excluding hydrogens is 597 g/mol. The number of imidazole rings is 1. The molecule has 1 unspecified atom stereocenters. The molecule has 10 heteroatoms. The van der Waals surface area contributed by atoms with E-state index in [9.17, 15) is 21.6 Å². The minimum Gasteiger partial charge on any atom is -0.327 e. The molecule has 0 aliphatic rings. The Bertz CT molecular complexity index is 1820. The van der Waals surface area contributed by atoms with E-state index in [1.807, 2.05) is 60.7 Å². The van der Waals surface area contributed by atoms with Gasteiger partial charge in [-0.1, -0.05) is 98.3 Å². The third-order valence-corrected chi connectivity index (χ3v) is 8.63. The number of sulfonamides is 1. The smallest absolute Gasteiger partial charge is 0.327 e. The molecule has 0 fully saturated rings. The number of benzene rings is 4. The van der Waals surface area contributed by atoms with E-state index in [0.29, 0.717) is 18.5 Å². The molecule has 0 amide bonds. The quantitative estimate of drug-likeness (QED) is 0.147. The molecule has 0 saturated heterocycles. The third kappa shape index (κ3) is 7.89. The molecule has 1 heterocycles. The van der Waals surface area contributed by atoms with Gasteiger partial charge in [0, 0.05) is 42.4 Å². The van der Waals surface area contributed by atoms with Gasteiger partial charge in [0.15, 0.2) is 0 Å². The van der Waals surface area contributed by atoms with Crippen LogP contribution < -0.4 is 10.5 Å². The number of nitrogens with one attached hydrogen (secondary N) is 1. The maximum absolute atomic E-state index is 13.8. The number of nitrogens with two attached hydrogens (primary N) is 1. The van der Waals surface area contributed by atoms with Crippen LogP contribution in [0.4, 0.5) is 13.2 Å². The van der Waals surface area contributed by atoms with Crippen molar-refractivity contribution in [2.24, 2.45) is 5.14 Å². The summed E-state index contributed by atoms with van der Waals surface area (Å²) in [5.41, 5.74) is 4.07. The number of hydrogen-bond donors (Lipinski definition) is 2. The van der Waals surface area contributed by atoms with Crippen molar-refractivity contribution in [2.45, 2.75) is 56.4 Å². The fraction of sp³-hybridized carbons (Fsp3) is 0.229. The van der Waals surface area contributed by atoms with E-state index in [1.165, 1.54) is 24.3 Å². The summed E-state index contributed by atoms with van der Waals surface area (Å²) in [4.78, 5) is 5.13. The molecule has 0 radical (unpaired) electrons. The predicted octanol–water partition coefficient (Wildman–Crippen LogP) is 7.76. The summed E-state index contributed by atoms with van der Waals surface area (Å²) < 4.78 is 67.2. The number of rotatable bonds is 12. The first-order chi connectivity index (χ1) is 21.5. The minimum atomic E-state index is -4.50. The van der Waals surface area contributed by atoms with Crippen molar-refractivity contribution in [3.63, 3.8) is 0 Å². The van der Waals surface area contributed by atoms with E-state index in [2.05, 4.69) is 16.8 Å². The lowest BCUT2D eigenvalue weighted by Gasteiger charge is -2.23. The van der Waals surface area contributed by atoms with Crippen molar-refractivity contribution in [3.8, 4) is 22.6 Å². The normalized spacial score (nSPS) is 12.7. The van der Waals surface area contributed by atoms with E-state index in [-0.39, 0.29) is 11.4 Å². The Hall–Kier alpha value is -4.25. The number of unbranched alkanes of at least 4 members (excludes halogenated alkanes) is 1. The Labute approximate surface area is 261 Å². The fourth-order valence-corrected chi connectivity index (χ4v) is 5.87. The zero-order valence-corrected chi connectivity index (χ0v) is 25.7. The molecule has 3 N–H and O–H groups in total. The molecule has 1 atom stereocenters. The number of hydrogen-bond acceptors (Lipinski definition) is 4. The van der Waals surface area contributed by atoms with Crippen molar-refractivity contribution in [3.05, 3.63) is 132 Å². The van der Waals surface area contributed by atoms with E-state index in [1.54, 1.807) is 18.2 Å². The molecule has 6 nitrogen and oxygen atoms in total. The molecule has 0 aliphatic carbocycles. The molecule has 5 rings (SSSR count). The van der Waals surface area contributed by atoms with E-state index in [4.69, 9.17) is 10.1 Å². The molecule has 0 spiro atoms. The Morgan fingerprint density at radius 1 is 0.867 bits per heavy atom. The van der Waals surface area contributed by atoms with Crippen LogP contribution in [0.2, 0.25) is 0 Å². The van der Waals surface area contributed by atoms with E-state index in [0.717, 1.165) is 52.8 Å². The zero-order valence-electron chi connectivity index (χ0n) is 24.8. The van der Waals surface area contributed by atoms with Gasteiger partial charge < -0.3 is 9.88 Å². The third-order valence-electron chi connectivity index (χ3n) is 7.71. The van der Waals surface area contributed by atoms with E-state index < -0.39 is 27.8 Å². The highest BCUT2D eigenvalue weighted by atomic mass is 32.2. The number of primary sulfonamides is 1. The van der Waals surface area contributed by atoms with Crippen molar-refractivity contribution in [1.82, 2.24) is 14.9 Å². The van der Waals surface area contributed by atoms with Crippen LogP contribution in [-0.4, -0.2) is 18.0 Å². The van der Waals surface area contributed by atoms with Gasteiger partial charge in [-0.05, 0) is 41.8 Å². The first-order valence-corrected chi connectivity index (χ1v) is 16.3. The van der Waals surface area contributed by atoms with Gasteiger partial charge >= 0.3 is 6.18 Å². The molecule has 5 aromatic rings. The molecule has 0 bridgehead atoms. The summed E-state index contributed by atoms with van der Waals surface area (Å²) in [6, 6.07) is 30.7. The zero-order chi connectivity index (χ0) is 32.0. The maximum atomic E-state index is 13.8. The van der Waals surface area contributed by atoms with Crippen LogP contribution in [0.1, 0.15) is 48.2 Å². The summed E-state index contributed by atoms with van der Waals surface area (Å²) in [6.07, 6.45) is -2.29. The minimum absolute atomic E-state index is 0.0125. The topological polar surface area (TPSA) is 90.0 Å². The van der Waals surface area contributed by atoms with Gasteiger partial charge in [0.05, 0.1) is 16.2 Å². The Balaban J connectivity index is 1.61. The largest absolute Gasteiger partial charge is 0.416 e.